The average molecular weight is 521 g/mol. The van der Waals surface area contributed by atoms with Crippen LogP contribution in [0.3, 0.4) is 0 Å². The molecular formula is C27H31F3N2O5. The van der Waals surface area contributed by atoms with Gasteiger partial charge in [-0.25, -0.2) is 4.79 Å². The van der Waals surface area contributed by atoms with Crippen LogP contribution in [-0.2, 0) is 20.8 Å². The van der Waals surface area contributed by atoms with Gasteiger partial charge in [0.1, 0.15) is 11.9 Å². The van der Waals surface area contributed by atoms with Crippen LogP contribution in [0.4, 0.5) is 29.3 Å². The van der Waals surface area contributed by atoms with Gasteiger partial charge in [0, 0.05) is 18.2 Å². The Balaban J connectivity index is 1.58. The second kappa shape index (κ2) is 10.5. The minimum atomic E-state index is -4.71. The van der Waals surface area contributed by atoms with E-state index in [2.05, 4.69) is 15.0 Å². The maximum atomic E-state index is 13.1. The Kier molecular flexibility index (Phi) is 7.57. The zero-order valence-corrected chi connectivity index (χ0v) is 21.0. The van der Waals surface area contributed by atoms with E-state index in [4.69, 9.17) is 9.47 Å². The van der Waals surface area contributed by atoms with Crippen molar-refractivity contribution in [2.75, 3.05) is 23.9 Å². The summed E-state index contributed by atoms with van der Waals surface area (Å²) in [5.41, 5.74) is -0.635. The largest absolute Gasteiger partial charge is 0.486 e. The minimum absolute atomic E-state index is 0.00347. The van der Waals surface area contributed by atoms with E-state index >= 15 is 0 Å². The normalized spacial score (nSPS) is 18.3. The van der Waals surface area contributed by atoms with E-state index in [-0.39, 0.29) is 30.1 Å². The van der Waals surface area contributed by atoms with Crippen molar-refractivity contribution in [3.05, 3.63) is 54.1 Å². The number of hydrogen-bond acceptors (Lipinski definition) is 6. The molecule has 2 aromatic rings. The third-order valence-corrected chi connectivity index (χ3v) is 6.81. The number of rotatable bonds is 8. The van der Waals surface area contributed by atoms with Crippen LogP contribution in [0.1, 0.15) is 38.7 Å². The molecule has 0 saturated heterocycles. The van der Waals surface area contributed by atoms with Crippen LogP contribution in [-0.4, -0.2) is 43.6 Å². The maximum absolute atomic E-state index is 13.1. The fraction of sp³-hybridized carbons (Fsp3) is 0.481. The molecule has 1 fully saturated rings. The molecule has 4 rings (SSSR count). The van der Waals surface area contributed by atoms with Crippen molar-refractivity contribution in [3.8, 4) is 5.75 Å². The van der Waals surface area contributed by atoms with Gasteiger partial charge >= 0.3 is 18.2 Å². The second-order valence-corrected chi connectivity index (χ2v) is 10.0. The second-order valence-electron chi connectivity index (χ2n) is 10.0. The van der Waals surface area contributed by atoms with E-state index in [0.29, 0.717) is 30.4 Å². The molecule has 1 aliphatic carbocycles. The highest BCUT2D eigenvalue weighted by Gasteiger charge is 2.51. The monoisotopic (exact) mass is 520 g/mol. The highest BCUT2D eigenvalue weighted by atomic mass is 19.4. The van der Waals surface area contributed by atoms with E-state index in [0.717, 1.165) is 32.3 Å². The first kappa shape index (κ1) is 26.6. The van der Waals surface area contributed by atoms with Crippen molar-refractivity contribution in [1.82, 2.24) is 0 Å². The van der Waals surface area contributed by atoms with E-state index < -0.39 is 17.9 Å². The standard InChI is InChI=1S/C27H31F3N2O5/c1-26(2,27(28,29)30)37-25(34)31-19-11-12-22-21(13-19)32(15-17-7-5-4-6-8-17)16-23(36-22)20(18-9-10-18)14-24(33)35-3/h4-8,11-13,18,20,23H,9-10,14-16H2,1-3H3,(H,31,34)/t20-,23+/m0/s1. The first-order valence-electron chi connectivity index (χ1n) is 12.2. The third-order valence-electron chi connectivity index (χ3n) is 6.81. The van der Waals surface area contributed by atoms with Gasteiger partial charge in [-0.15, -0.1) is 0 Å². The van der Waals surface area contributed by atoms with Crippen LogP contribution in [0.25, 0.3) is 0 Å². The Hall–Kier alpha value is -3.43. The number of carbonyl (C=O) groups is 2. The molecular weight excluding hydrogens is 489 g/mol. The summed E-state index contributed by atoms with van der Waals surface area (Å²) in [4.78, 5) is 26.5. The fourth-order valence-corrected chi connectivity index (χ4v) is 4.47. The number of esters is 1. The molecule has 0 spiro atoms. The number of carbonyl (C=O) groups excluding carboxylic acids is 2. The van der Waals surface area contributed by atoms with E-state index in [1.807, 2.05) is 30.3 Å². The van der Waals surface area contributed by atoms with Gasteiger partial charge in [-0.3, -0.25) is 10.1 Å². The summed E-state index contributed by atoms with van der Waals surface area (Å²) in [5, 5.41) is 2.40. The smallest absolute Gasteiger partial charge is 0.427 e. The fourth-order valence-electron chi connectivity index (χ4n) is 4.47. The molecule has 7 nitrogen and oxygen atoms in total. The highest BCUT2D eigenvalue weighted by Crippen LogP contribution is 2.45. The van der Waals surface area contributed by atoms with E-state index in [1.54, 1.807) is 18.2 Å². The molecule has 10 heteroatoms. The molecule has 2 aliphatic rings. The van der Waals surface area contributed by atoms with Crippen molar-refractivity contribution in [1.29, 1.82) is 0 Å². The Bertz CT molecular complexity index is 1120. The maximum Gasteiger partial charge on any atom is 0.427 e. The molecule has 2 atom stereocenters. The van der Waals surface area contributed by atoms with Crippen LogP contribution < -0.4 is 15.0 Å². The highest BCUT2D eigenvalue weighted by molar-refractivity contribution is 5.86. The van der Waals surface area contributed by atoms with Gasteiger partial charge in [-0.1, -0.05) is 30.3 Å². The van der Waals surface area contributed by atoms with Crippen molar-refractivity contribution in [2.45, 2.75) is 57.5 Å². The van der Waals surface area contributed by atoms with Gasteiger partial charge in [0.2, 0.25) is 5.60 Å². The molecule has 1 heterocycles. The molecule has 0 bridgehead atoms. The number of benzene rings is 2. The summed E-state index contributed by atoms with van der Waals surface area (Å²) in [7, 11) is 1.38. The topological polar surface area (TPSA) is 77.1 Å². The molecule has 1 amide bonds. The third kappa shape index (κ3) is 6.47. The summed E-state index contributed by atoms with van der Waals surface area (Å²) < 4.78 is 55.3. The molecule has 200 valence electrons. The summed E-state index contributed by atoms with van der Waals surface area (Å²) in [6.07, 6.45) is -3.84. The SMILES string of the molecule is COC(=O)C[C@@H](C1CC1)[C@H]1CN(Cc2ccccc2)c2cc(NC(=O)OC(C)(C)C(F)(F)F)ccc2O1. The average Bonchev–Trinajstić information content (AvgIpc) is 3.67. The van der Waals surface area contributed by atoms with Gasteiger partial charge in [0.05, 0.1) is 25.8 Å². The minimum Gasteiger partial charge on any atom is -0.486 e. The molecule has 1 N–H and O–H groups in total. The Morgan fingerprint density at radius 2 is 1.84 bits per heavy atom. The lowest BCUT2D eigenvalue weighted by Gasteiger charge is -2.40. The first-order valence-corrected chi connectivity index (χ1v) is 12.2. The van der Waals surface area contributed by atoms with Crippen LogP contribution in [0, 0.1) is 11.8 Å². The molecule has 1 saturated carbocycles. The Morgan fingerprint density at radius 1 is 1.14 bits per heavy atom. The van der Waals surface area contributed by atoms with Gasteiger partial charge in [-0.05, 0) is 56.4 Å². The quantitative estimate of drug-likeness (QED) is 0.435. The van der Waals surface area contributed by atoms with Crippen molar-refractivity contribution >= 4 is 23.4 Å². The lowest BCUT2D eigenvalue weighted by atomic mass is 9.91. The number of hydrogen-bond donors (Lipinski definition) is 1. The summed E-state index contributed by atoms with van der Waals surface area (Å²) >= 11 is 0. The van der Waals surface area contributed by atoms with Crippen LogP contribution in [0.15, 0.2) is 48.5 Å². The Labute approximate surface area is 213 Å². The summed E-state index contributed by atoms with van der Waals surface area (Å²) in [6, 6.07) is 14.7. The lowest BCUT2D eigenvalue weighted by Crippen LogP contribution is -2.45. The van der Waals surface area contributed by atoms with Gasteiger partial charge in [0.15, 0.2) is 0 Å². The van der Waals surface area contributed by atoms with Crippen LogP contribution in [0.5, 0.6) is 5.75 Å². The zero-order chi connectivity index (χ0) is 26.8. The number of halogens is 3. The molecule has 2 aromatic carbocycles. The number of ether oxygens (including phenoxy) is 3. The van der Waals surface area contributed by atoms with E-state index in [9.17, 15) is 22.8 Å². The van der Waals surface area contributed by atoms with Crippen molar-refractivity contribution in [3.63, 3.8) is 0 Å². The molecule has 0 radical (unpaired) electrons. The van der Waals surface area contributed by atoms with Crippen molar-refractivity contribution in [2.24, 2.45) is 11.8 Å². The number of fused-ring (bicyclic) bond motifs is 1. The van der Waals surface area contributed by atoms with Gasteiger partial charge in [0.25, 0.3) is 0 Å². The van der Waals surface area contributed by atoms with Gasteiger partial charge < -0.3 is 19.1 Å². The number of anilines is 2. The predicted molar refractivity (Wildman–Crippen MR) is 131 cm³/mol. The lowest BCUT2D eigenvalue weighted by molar-refractivity contribution is -0.242. The number of nitrogens with one attached hydrogen (secondary N) is 1. The zero-order valence-electron chi connectivity index (χ0n) is 21.0. The summed E-state index contributed by atoms with van der Waals surface area (Å²) in [6.45, 7) is 2.62. The van der Waals surface area contributed by atoms with Crippen LogP contribution in [0.2, 0.25) is 0 Å². The van der Waals surface area contributed by atoms with Crippen molar-refractivity contribution < 1.29 is 37.0 Å². The van der Waals surface area contributed by atoms with Crippen LogP contribution >= 0.6 is 0 Å². The molecule has 0 unspecified atom stereocenters. The Morgan fingerprint density at radius 3 is 2.46 bits per heavy atom. The number of amides is 1. The summed E-state index contributed by atoms with van der Waals surface area (Å²) in [5.74, 6) is 0.672. The molecule has 37 heavy (non-hydrogen) atoms. The van der Waals surface area contributed by atoms with Gasteiger partial charge in [-0.2, -0.15) is 13.2 Å². The number of alkyl halides is 3. The number of nitrogens with zero attached hydrogens (tertiary/aromatic N) is 1. The van der Waals surface area contributed by atoms with E-state index in [1.165, 1.54) is 7.11 Å². The molecule has 0 aromatic heterocycles. The predicted octanol–water partition coefficient (Wildman–Crippen LogP) is 5.93. The molecule has 1 aliphatic heterocycles. The first-order chi connectivity index (χ1) is 17.5. The number of methoxy groups -OCH3 is 1.